The molecule has 0 amide bonds. The Balaban J connectivity index is 1.25. The second-order valence-corrected chi connectivity index (χ2v) is 9.51. The molecule has 37 heavy (non-hydrogen) atoms. The molecule has 0 radical (unpaired) electrons. The van der Waals surface area contributed by atoms with Gasteiger partial charge in [-0.15, -0.1) is 10.2 Å². The van der Waals surface area contributed by atoms with Crippen molar-refractivity contribution in [2.24, 2.45) is 5.92 Å². The first kappa shape index (κ1) is 24.8. The minimum absolute atomic E-state index is 0.0190. The molecule has 194 valence electrons. The van der Waals surface area contributed by atoms with Crippen LogP contribution in [0.1, 0.15) is 43.6 Å². The maximum absolute atomic E-state index is 13.7. The molecule has 1 aliphatic heterocycles. The minimum Gasteiger partial charge on any atom is -0.507 e. The number of benzene rings is 1. The van der Waals surface area contributed by atoms with Crippen LogP contribution in [0.4, 0.5) is 8.78 Å². The molecule has 1 saturated heterocycles. The molecule has 11 heteroatoms. The summed E-state index contributed by atoms with van der Waals surface area (Å²) in [7, 11) is 0. The summed E-state index contributed by atoms with van der Waals surface area (Å²) in [6.07, 6.45) is -0.386. The molecular weight excluding hydrogens is 484 g/mol. The van der Waals surface area contributed by atoms with Gasteiger partial charge in [-0.05, 0) is 29.3 Å². The Morgan fingerprint density at radius 2 is 2.00 bits per heavy atom. The number of carbonyl (C=O) groups excluding carboxylic acids is 1. The molecule has 5 rings (SSSR count). The van der Waals surface area contributed by atoms with E-state index in [1.807, 2.05) is 18.4 Å². The standard InChI is InChI=1S/C26H27F2N5O4/c1-15(2)19(14-34)23-10-24(31-37-23)36-8-7-32-11-16(12-32)33-13-18(26(27)28)25-21(33)9-20(29-30-25)17-5-3-4-6-22(17)35/h3-6,9-10,13-16,19,26,35H,7-8,11-12H2,1-2H3. The van der Waals surface area contributed by atoms with Crippen molar-refractivity contribution in [2.45, 2.75) is 32.2 Å². The number of rotatable bonds is 10. The lowest BCUT2D eigenvalue weighted by Gasteiger charge is -2.40. The Kier molecular flexibility index (Phi) is 6.88. The molecule has 0 saturated carbocycles. The summed E-state index contributed by atoms with van der Waals surface area (Å²) in [5.74, 6) is 0.569. The van der Waals surface area contributed by atoms with Gasteiger partial charge in [-0.25, -0.2) is 8.78 Å². The lowest BCUT2D eigenvalue weighted by molar-refractivity contribution is -0.110. The first-order chi connectivity index (χ1) is 17.9. The van der Waals surface area contributed by atoms with E-state index in [-0.39, 0.29) is 34.7 Å². The van der Waals surface area contributed by atoms with Gasteiger partial charge < -0.3 is 23.7 Å². The lowest BCUT2D eigenvalue weighted by atomic mass is 9.95. The zero-order valence-corrected chi connectivity index (χ0v) is 20.4. The number of alkyl halides is 2. The highest BCUT2D eigenvalue weighted by atomic mass is 19.3. The van der Waals surface area contributed by atoms with Gasteiger partial charge >= 0.3 is 0 Å². The van der Waals surface area contributed by atoms with E-state index in [1.165, 1.54) is 6.20 Å². The van der Waals surface area contributed by atoms with E-state index >= 15 is 0 Å². The predicted octanol–water partition coefficient (Wildman–Crippen LogP) is 4.60. The SMILES string of the molecule is CC(C)C(C=O)c1cc(OCCN2CC(n3cc(C(F)F)c4nnc(-c5ccccc5O)cc43)C2)no1. The van der Waals surface area contributed by atoms with Crippen LogP contribution < -0.4 is 4.74 Å². The Labute approximate surface area is 211 Å². The Morgan fingerprint density at radius 1 is 1.22 bits per heavy atom. The molecule has 0 bridgehead atoms. The summed E-state index contributed by atoms with van der Waals surface area (Å²) < 4.78 is 40.2. The summed E-state index contributed by atoms with van der Waals surface area (Å²) in [6.45, 7) is 6.13. The third-order valence-corrected chi connectivity index (χ3v) is 6.71. The van der Waals surface area contributed by atoms with Crippen LogP contribution in [0, 0.1) is 5.92 Å². The van der Waals surface area contributed by atoms with Crippen molar-refractivity contribution < 1.29 is 27.9 Å². The highest BCUT2D eigenvalue weighted by Crippen LogP contribution is 2.35. The van der Waals surface area contributed by atoms with Crippen LogP contribution in [0.25, 0.3) is 22.3 Å². The Morgan fingerprint density at radius 3 is 2.70 bits per heavy atom. The molecule has 9 nitrogen and oxygen atoms in total. The number of aldehydes is 1. The molecule has 4 aromatic rings. The number of hydrogen-bond acceptors (Lipinski definition) is 8. The van der Waals surface area contributed by atoms with Crippen molar-refractivity contribution in [3.05, 3.63) is 53.9 Å². The number of aromatic nitrogens is 4. The van der Waals surface area contributed by atoms with Crippen LogP contribution in [0.3, 0.4) is 0 Å². The second-order valence-electron chi connectivity index (χ2n) is 9.51. The van der Waals surface area contributed by atoms with E-state index < -0.39 is 6.43 Å². The second kappa shape index (κ2) is 10.3. The van der Waals surface area contributed by atoms with Gasteiger partial charge in [0, 0.05) is 37.5 Å². The number of hydrogen-bond donors (Lipinski definition) is 1. The van der Waals surface area contributed by atoms with Crippen molar-refractivity contribution in [2.75, 3.05) is 26.2 Å². The summed E-state index contributed by atoms with van der Waals surface area (Å²) in [5, 5.41) is 22.2. The van der Waals surface area contributed by atoms with Crippen molar-refractivity contribution in [1.82, 2.24) is 24.8 Å². The summed E-state index contributed by atoms with van der Waals surface area (Å²) in [6, 6.07) is 10.0. The van der Waals surface area contributed by atoms with Gasteiger partial charge in [0.2, 0.25) is 0 Å². The van der Waals surface area contributed by atoms with Crippen LogP contribution in [0.2, 0.25) is 0 Å². The van der Waals surface area contributed by atoms with Crippen LogP contribution in [-0.4, -0.2) is 62.5 Å². The fourth-order valence-electron chi connectivity index (χ4n) is 4.58. The third-order valence-electron chi connectivity index (χ3n) is 6.71. The van der Waals surface area contributed by atoms with Crippen molar-refractivity contribution in [1.29, 1.82) is 0 Å². The summed E-state index contributed by atoms with van der Waals surface area (Å²) in [4.78, 5) is 13.4. The molecule has 1 aromatic carbocycles. The molecule has 0 aliphatic carbocycles. The molecule has 3 aromatic heterocycles. The van der Waals surface area contributed by atoms with Crippen molar-refractivity contribution in [3.8, 4) is 22.9 Å². The smallest absolute Gasteiger partial charge is 0.267 e. The molecule has 4 heterocycles. The lowest BCUT2D eigenvalue weighted by Crippen LogP contribution is -2.48. The average Bonchev–Trinajstić information content (AvgIpc) is 3.46. The normalized spacial score (nSPS) is 15.4. The summed E-state index contributed by atoms with van der Waals surface area (Å²) >= 11 is 0. The molecule has 0 spiro atoms. The van der Waals surface area contributed by atoms with Gasteiger partial charge in [0.25, 0.3) is 12.3 Å². The van der Waals surface area contributed by atoms with E-state index in [2.05, 4.69) is 20.3 Å². The number of para-hydroxylation sites is 1. The highest BCUT2D eigenvalue weighted by molar-refractivity contribution is 5.84. The fraction of sp³-hybridized carbons (Fsp3) is 0.385. The van der Waals surface area contributed by atoms with Gasteiger partial charge in [-0.1, -0.05) is 26.0 Å². The molecule has 1 aliphatic rings. The van der Waals surface area contributed by atoms with Crippen LogP contribution in [-0.2, 0) is 4.79 Å². The molecular formula is C26H27F2N5O4. The molecule has 1 unspecified atom stereocenters. The zero-order chi connectivity index (χ0) is 26.1. The number of carbonyl (C=O) groups is 1. The van der Waals surface area contributed by atoms with Gasteiger partial charge in [0.1, 0.15) is 24.2 Å². The van der Waals surface area contributed by atoms with E-state index in [9.17, 15) is 18.7 Å². The summed E-state index contributed by atoms with van der Waals surface area (Å²) in [5.41, 5.74) is 1.45. The van der Waals surface area contributed by atoms with E-state index in [4.69, 9.17) is 9.26 Å². The number of fused-ring (bicyclic) bond motifs is 1. The van der Waals surface area contributed by atoms with E-state index in [0.717, 1.165) is 6.29 Å². The van der Waals surface area contributed by atoms with Gasteiger partial charge in [0.05, 0.1) is 28.7 Å². The van der Waals surface area contributed by atoms with Crippen LogP contribution in [0.5, 0.6) is 11.6 Å². The van der Waals surface area contributed by atoms with Crippen molar-refractivity contribution >= 4 is 17.3 Å². The average molecular weight is 512 g/mol. The monoisotopic (exact) mass is 511 g/mol. The number of phenolic OH excluding ortho intramolecular Hbond substituents is 1. The first-order valence-electron chi connectivity index (χ1n) is 12.1. The van der Waals surface area contributed by atoms with Crippen molar-refractivity contribution in [3.63, 3.8) is 0 Å². The van der Waals surface area contributed by atoms with Gasteiger partial charge in [-0.3, -0.25) is 4.90 Å². The first-order valence-corrected chi connectivity index (χ1v) is 12.1. The maximum atomic E-state index is 13.7. The Hall–Kier alpha value is -3.86. The number of nitrogens with zero attached hydrogens (tertiary/aromatic N) is 5. The topological polar surface area (TPSA) is 107 Å². The zero-order valence-electron chi connectivity index (χ0n) is 20.4. The number of aromatic hydroxyl groups is 1. The maximum Gasteiger partial charge on any atom is 0.267 e. The number of phenols is 1. The predicted molar refractivity (Wildman–Crippen MR) is 131 cm³/mol. The fourth-order valence-corrected chi connectivity index (χ4v) is 4.58. The van der Waals surface area contributed by atoms with Crippen LogP contribution in [0.15, 0.2) is 47.1 Å². The largest absolute Gasteiger partial charge is 0.507 e. The quantitative estimate of drug-likeness (QED) is 0.308. The van der Waals surface area contributed by atoms with E-state index in [0.29, 0.717) is 54.7 Å². The highest BCUT2D eigenvalue weighted by Gasteiger charge is 2.31. The number of ether oxygens (including phenoxy) is 1. The van der Waals surface area contributed by atoms with Gasteiger partial charge in [-0.2, -0.15) is 0 Å². The third kappa shape index (κ3) is 4.91. The van der Waals surface area contributed by atoms with Crippen LogP contribution >= 0.6 is 0 Å². The molecule has 1 atom stereocenters. The number of likely N-dealkylation sites (tertiary alicyclic amines) is 1. The van der Waals surface area contributed by atoms with Gasteiger partial charge in [0.15, 0.2) is 5.76 Å². The Bertz CT molecular complexity index is 1400. The number of halogens is 2. The molecule has 1 fully saturated rings. The van der Waals surface area contributed by atoms with E-state index in [1.54, 1.807) is 36.4 Å². The minimum atomic E-state index is -2.68. The molecule has 1 N–H and O–H groups in total.